The molecular weight excluding hydrogens is 465 g/mol. The van der Waals surface area contributed by atoms with Crippen LogP contribution in [-0.2, 0) is 4.79 Å². The maximum atomic E-state index is 14.1. The Morgan fingerprint density at radius 1 is 0.944 bits per heavy atom. The molecule has 4 atom stereocenters. The maximum absolute atomic E-state index is 14.1. The Labute approximate surface area is 214 Å². The highest BCUT2D eigenvalue weighted by Crippen LogP contribution is 2.50. The van der Waals surface area contributed by atoms with Crippen LogP contribution >= 0.6 is 0 Å². The van der Waals surface area contributed by atoms with Crippen molar-refractivity contribution in [3.05, 3.63) is 24.0 Å². The Bertz CT molecular complexity index is 837. The smallest absolute Gasteiger partial charge is 0.387 e. The molecule has 1 aromatic rings. The van der Waals surface area contributed by atoms with Crippen LogP contribution in [0.2, 0.25) is 0 Å². The molecule has 0 saturated heterocycles. The molecule has 3 aliphatic rings. The number of rotatable bonds is 10. The average molecular weight is 509 g/mol. The molecule has 0 amide bonds. The number of alkyl halides is 2. The Morgan fingerprint density at radius 2 is 1.72 bits per heavy atom. The minimum Gasteiger partial charge on any atom is -0.432 e. The summed E-state index contributed by atoms with van der Waals surface area (Å²) in [5, 5.41) is 0. The van der Waals surface area contributed by atoms with Crippen LogP contribution < -0.4 is 9.47 Å². The van der Waals surface area contributed by atoms with Gasteiger partial charge in [-0.1, -0.05) is 64.7 Å². The number of halogens is 3. The van der Waals surface area contributed by atoms with Gasteiger partial charge < -0.3 is 9.47 Å². The van der Waals surface area contributed by atoms with Gasteiger partial charge in [0.1, 0.15) is 5.75 Å². The topological polar surface area (TPSA) is 35.5 Å². The van der Waals surface area contributed by atoms with Gasteiger partial charge in [-0.25, -0.2) is 4.39 Å². The van der Waals surface area contributed by atoms with E-state index in [1.54, 1.807) is 0 Å². The first kappa shape index (κ1) is 27.3. The second-order valence-electron chi connectivity index (χ2n) is 11.6. The van der Waals surface area contributed by atoms with Crippen LogP contribution in [0.25, 0.3) is 0 Å². The Balaban J connectivity index is 1.26. The molecule has 0 radical (unpaired) electrons. The molecule has 3 saturated carbocycles. The molecule has 3 aliphatic carbocycles. The Hall–Kier alpha value is -1.72. The zero-order chi connectivity index (χ0) is 25.5. The molecule has 4 rings (SSSR count). The molecule has 0 aromatic heterocycles. The fourth-order valence-corrected chi connectivity index (χ4v) is 7.46. The van der Waals surface area contributed by atoms with Gasteiger partial charge in [0.05, 0.1) is 5.92 Å². The highest BCUT2D eigenvalue weighted by Gasteiger charge is 2.43. The van der Waals surface area contributed by atoms with Crippen LogP contribution in [0.1, 0.15) is 103 Å². The normalized spacial score (nSPS) is 30.6. The van der Waals surface area contributed by atoms with E-state index in [4.69, 9.17) is 4.74 Å². The molecule has 3 fully saturated rings. The van der Waals surface area contributed by atoms with Gasteiger partial charge in [-0.15, -0.1) is 0 Å². The molecule has 1 aromatic carbocycles. The summed E-state index contributed by atoms with van der Waals surface area (Å²) in [5.41, 5.74) is 0. The molecule has 0 aliphatic heterocycles. The third-order valence-electron chi connectivity index (χ3n) is 9.35. The van der Waals surface area contributed by atoms with E-state index in [2.05, 4.69) is 11.7 Å². The third-order valence-corrected chi connectivity index (χ3v) is 9.35. The van der Waals surface area contributed by atoms with Gasteiger partial charge in [0.15, 0.2) is 11.6 Å². The number of carbonyl (C=O) groups is 1. The van der Waals surface area contributed by atoms with Crippen molar-refractivity contribution in [3.63, 3.8) is 0 Å². The summed E-state index contributed by atoms with van der Waals surface area (Å²) in [4.78, 5) is 13.0. The quantitative estimate of drug-likeness (QED) is 0.180. The largest absolute Gasteiger partial charge is 0.432 e. The van der Waals surface area contributed by atoms with Crippen LogP contribution in [0, 0.1) is 41.3 Å². The number of fused-ring (bicyclic) bond motifs is 1. The Kier molecular flexibility index (Phi) is 10.0. The average Bonchev–Trinajstić information content (AvgIpc) is 2.87. The third kappa shape index (κ3) is 7.19. The van der Waals surface area contributed by atoms with Gasteiger partial charge in [0, 0.05) is 6.07 Å². The van der Waals surface area contributed by atoms with Crippen molar-refractivity contribution in [1.82, 2.24) is 0 Å². The lowest BCUT2D eigenvalue weighted by Crippen LogP contribution is -2.40. The van der Waals surface area contributed by atoms with Gasteiger partial charge in [-0.2, -0.15) is 8.78 Å². The summed E-state index contributed by atoms with van der Waals surface area (Å²) in [5.74, 6) is 1.54. The lowest BCUT2D eigenvalue weighted by Gasteiger charge is -2.46. The molecule has 4 unspecified atom stereocenters. The number of ether oxygens (including phenoxy) is 2. The van der Waals surface area contributed by atoms with Crippen LogP contribution in [0.3, 0.4) is 0 Å². The Morgan fingerprint density at radius 3 is 2.44 bits per heavy atom. The molecule has 0 heterocycles. The van der Waals surface area contributed by atoms with Crippen molar-refractivity contribution >= 4 is 5.97 Å². The highest BCUT2D eigenvalue weighted by atomic mass is 19.3. The van der Waals surface area contributed by atoms with Crippen molar-refractivity contribution in [1.29, 1.82) is 0 Å². The monoisotopic (exact) mass is 508 g/mol. The first-order chi connectivity index (χ1) is 17.4. The van der Waals surface area contributed by atoms with Crippen molar-refractivity contribution < 1.29 is 27.4 Å². The molecule has 6 heteroatoms. The highest BCUT2D eigenvalue weighted by molar-refractivity contribution is 5.75. The van der Waals surface area contributed by atoms with E-state index < -0.39 is 18.2 Å². The van der Waals surface area contributed by atoms with Crippen LogP contribution in [0.15, 0.2) is 18.2 Å². The molecule has 0 N–H and O–H groups in total. The first-order valence-electron chi connectivity index (χ1n) is 14.4. The van der Waals surface area contributed by atoms with E-state index in [-0.39, 0.29) is 17.6 Å². The van der Waals surface area contributed by atoms with Gasteiger partial charge in [0.25, 0.3) is 0 Å². The van der Waals surface area contributed by atoms with E-state index in [1.807, 2.05) is 0 Å². The minimum absolute atomic E-state index is 0.0429. The van der Waals surface area contributed by atoms with Crippen molar-refractivity contribution in [2.24, 2.45) is 35.5 Å². The number of esters is 1. The fraction of sp³-hybridized carbons (Fsp3) is 0.767. The number of hydrogen-bond acceptors (Lipinski definition) is 3. The van der Waals surface area contributed by atoms with E-state index in [1.165, 1.54) is 83.1 Å². The molecular formula is C30H43F3O3. The van der Waals surface area contributed by atoms with Crippen molar-refractivity contribution in [2.45, 2.75) is 110 Å². The zero-order valence-electron chi connectivity index (χ0n) is 21.7. The van der Waals surface area contributed by atoms with Crippen LogP contribution in [-0.4, -0.2) is 12.6 Å². The molecule has 0 spiro atoms. The standard InChI is InChI=1S/C30H43F3O3/c1-2-3-4-5-7-20-10-12-21(13-11-20)22-14-16-25-23(18-22)8-6-9-26(25)29(34)35-24-15-17-28(27(31)19-24)36-30(32)33/h15,17,19-23,25-26,30H,2-14,16,18H2,1H3. The fourth-order valence-electron chi connectivity index (χ4n) is 7.46. The van der Waals surface area contributed by atoms with Crippen molar-refractivity contribution in [3.8, 4) is 11.5 Å². The van der Waals surface area contributed by atoms with Crippen LogP contribution in [0.5, 0.6) is 11.5 Å². The second kappa shape index (κ2) is 13.2. The summed E-state index contributed by atoms with van der Waals surface area (Å²) in [7, 11) is 0. The molecule has 3 nitrogen and oxygen atoms in total. The van der Waals surface area contributed by atoms with E-state index in [0.717, 1.165) is 49.1 Å². The predicted octanol–water partition coefficient (Wildman–Crippen LogP) is 8.94. The van der Waals surface area contributed by atoms with Gasteiger partial charge >= 0.3 is 12.6 Å². The molecule has 0 bridgehead atoms. The van der Waals surface area contributed by atoms with Crippen LogP contribution in [0.4, 0.5) is 13.2 Å². The SMILES string of the molecule is CCCCCCC1CCC(C2CCC3C(CCCC3C(=O)Oc3ccc(OC(F)F)c(F)c3)C2)CC1. The van der Waals surface area contributed by atoms with E-state index in [0.29, 0.717) is 11.8 Å². The number of benzene rings is 1. The summed E-state index contributed by atoms with van der Waals surface area (Å²) in [6, 6.07) is 3.35. The number of hydrogen-bond donors (Lipinski definition) is 0. The number of carbonyl (C=O) groups excluding carboxylic acids is 1. The lowest BCUT2D eigenvalue weighted by molar-refractivity contribution is -0.144. The van der Waals surface area contributed by atoms with Gasteiger partial charge in [-0.3, -0.25) is 4.79 Å². The maximum Gasteiger partial charge on any atom is 0.387 e. The van der Waals surface area contributed by atoms with Crippen molar-refractivity contribution in [2.75, 3.05) is 0 Å². The second-order valence-corrected chi connectivity index (χ2v) is 11.6. The lowest BCUT2D eigenvalue weighted by atomic mass is 9.59. The molecule has 36 heavy (non-hydrogen) atoms. The minimum atomic E-state index is -3.10. The summed E-state index contributed by atoms with van der Waals surface area (Å²) in [6.07, 6.45) is 18.9. The van der Waals surface area contributed by atoms with E-state index in [9.17, 15) is 18.0 Å². The van der Waals surface area contributed by atoms with Gasteiger partial charge in [-0.05, 0) is 80.2 Å². The number of unbranched alkanes of at least 4 members (excludes halogenated alkanes) is 3. The predicted molar refractivity (Wildman–Crippen MR) is 135 cm³/mol. The van der Waals surface area contributed by atoms with E-state index >= 15 is 0 Å². The summed E-state index contributed by atoms with van der Waals surface area (Å²) in [6.45, 7) is -0.832. The summed E-state index contributed by atoms with van der Waals surface area (Å²) < 4.78 is 48.5. The molecule has 202 valence electrons. The first-order valence-corrected chi connectivity index (χ1v) is 14.4. The van der Waals surface area contributed by atoms with Gasteiger partial charge in [0.2, 0.25) is 0 Å². The zero-order valence-corrected chi connectivity index (χ0v) is 21.7. The summed E-state index contributed by atoms with van der Waals surface area (Å²) >= 11 is 0.